The average Bonchev–Trinajstić information content (AvgIpc) is 2.44. The summed E-state index contributed by atoms with van der Waals surface area (Å²) in [5, 5.41) is 0. The molecule has 0 aromatic heterocycles. The lowest BCUT2D eigenvalue weighted by Gasteiger charge is -2.21. The van der Waals surface area contributed by atoms with Gasteiger partial charge in [-0.25, -0.2) is 0 Å². The minimum atomic E-state index is 0.694. The number of hydrogen-bond donors (Lipinski definition) is 1. The highest BCUT2D eigenvalue weighted by Gasteiger charge is 2.03. The monoisotopic (exact) mass is 270 g/mol. The zero-order valence-electron chi connectivity index (χ0n) is 12.2. The highest BCUT2D eigenvalue weighted by Crippen LogP contribution is 2.18. The van der Waals surface area contributed by atoms with E-state index in [4.69, 9.17) is 10.5 Å². The van der Waals surface area contributed by atoms with Crippen molar-refractivity contribution in [3.63, 3.8) is 0 Å². The summed E-state index contributed by atoms with van der Waals surface area (Å²) < 4.78 is 5.70. The Labute approximate surface area is 121 Å². The fraction of sp³-hybridized carbons (Fsp3) is 0.294. The van der Waals surface area contributed by atoms with Crippen molar-refractivity contribution in [2.24, 2.45) is 0 Å². The Kier molecular flexibility index (Phi) is 4.88. The third-order valence-electron chi connectivity index (χ3n) is 3.29. The maximum absolute atomic E-state index is 5.72. The largest absolute Gasteiger partial charge is 0.493 e. The molecule has 0 aliphatic carbocycles. The van der Waals surface area contributed by atoms with E-state index in [9.17, 15) is 0 Å². The van der Waals surface area contributed by atoms with E-state index >= 15 is 0 Å². The van der Waals surface area contributed by atoms with Crippen LogP contribution in [-0.4, -0.2) is 20.2 Å². The number of nitrogens with zero attached hydrogens (tertiary/aromatic N) is 1. The summed E-state index contributed by atoms with van der Waals surface area (Å²) in [5.41, 5.74) is 9.02. The molecule has 0 bridgehead atoms. The number of nitrogen functional groups attached to an aromatic ring is 1. The molecule has 0 atom stereocenters. The van der Waals surface area contributed by atoms with Gasteiger partial charge in [-0.1, -0.05) is 24.3 Å². The fourth-order valence-corrected chi connectivity index (χ4v) is 2.21. The van der Waals surface area contributed by atoms with Crippen LogP contribution < -0.4 is 15.4 Å². The Hall–Kier alpha value is -2.16. The van der Waals surface area contributed by atoms with Crippen LogP contribution >= 0.6 is 0 Å². The normalized spacial score (nSPS) is 10.3. The molecule has 0 fully saturated rings. The minimum Gasteiger partial charge on any atom is -0.493 e. The number of hydrogen-bond acceptors (Lipinski definition) is 3. The second kappa shape index (κ2) is 6.85. The summed E-state index contributed by atoms with van der Waals surface area (Å²) in [7, 11) is 2.11. The lowest BCUT2D eigenvalue weighted by atomic mass is 10.2. The first-order chi connectivity index (χ1) is 9.66. The van der Waals surface area contributed by atoms with E-state index in [1.54, 1.807) is 0 Å². The van der Waals surface area contributed by atoms with Crippen LogP contribution in [0.4, 0.5) is 11.4 Å². The Morgan fingerprint density at radius 3 is 2.65 bits per heavy atom. The van der Waals surface area contributed by atoms with Crippen LogP contribution in [0.2, 0.25) is 0 Å². The number of ether oxygens (including phenoxy) is 1. The van der Waals surface area contributed by atoms with E-state index in [2.05, 4.69) is 43.1 Å². The highest BCUT2D eigenvalue weighted by molar-refractivity contribution is 5.52. The molecule has 106 valence electrons. The molecule has 0 unspecified atom stereocenters. The molecule has 0 amide bonds. The van der Waals surface area contributed by atoms with Gasteiger partial charge in [-0.2, -0.15) is 0 Å². The molecule has 0 aliphatic rings. The van der Waals surface area contributed by atoms with Crippen molar-refractivity contribution in [3.8, 4) is 5.75 Å². The number of para-hydroxylation sites is 1. The minimum absolute atomic E-state index is 0.694. The summed E-state index contributed by atoms with van der Waals surface area (Å²) in [6.45, 7) is 3.79. The molecule has 0 saturated carbocycles. The third kappa shape index (κ3) is 3.92. The zero-order chi connectivity index (χ0) is 14.4. The van der Waals surface area contributed by atoms with E-state index in [-0.39, 0.29) is 0 Å². The molecule has 2 rings (SSSR count). The lowest BCUT2D eigenvalue weighted by molar-refractivity contribution is 0.312. The Morgan fingerprint density at radius 1 is 1.10 bits per heavy atom. The van der Waals surface area contributed by atoms with Crippen molar-refractivity contribution >= 4 is 11.4 Å². The summed E-state index contributed by atoms with van der Waals surface area (Å²) >= 11 is 0. The van der Waals surface area contributed by atoms with E-state index < -0.39 is 0 Å². The van der Waals surface area contributed by atoms with Crippen LogP contribution in [0.1, 0.15) is 12.0 Å². The maximum Gasteiger partial charge on any atom is 0.121 e. The maximum atomic E-state index is 5.72. The third-order valence-corrected chi connectivity index (χ3v) is 3.29. The number of benzene rings is 2. The molecule has 0 radical (unpaired) electrons. The molecular formula is C17H22N2O. The molecule has 0 heterocycles. The Balaban J connectivity index is 1.77. The van der Waals surface area contributed by atoms with Crippen LogP contribution in [0.25, 0.3) is 0 Å². The molecule has 2 aromatic carbocycles. The number of rotatable bonds is 6. The van der Waals surface area contributed by atoms with Gasteiger partial charge in [-0.3, -0.25) is 0 Å². The Bertz CT molecular complexity index is 554. The molecule has 20 heavy (non-hydrogen) atoms. The summed E-state index contributed by atoms with van der Waals surface area (Å²) in [5.74, 6) is 0.837. The second-order valence-electron chi connectivity index (χ2n) is 4.98. The van der Waals surface area contributed by atoms with Crippen molar-refractivity contribution in [1.29, 1.82) is 0 Å². The van der Waals surface area contributed by atoms with Gasteiger partial charge in [0.1, 0.15) is 5.75 Å². The van der Waals surface area contributed by atoms with Gasteiger partial charge < -0.3 is 15.4 Å². The van der Waals surface area contributed by atoms with E-state index in [0.717, 1.165) is 24.4 Å². The quantitative estimate of drug-likeness (QED) is 0.645. The SMILES string of the molecule is Cc1ccccc1N(C)CCCOc1cccc(N)c1. The number of aryl methyl sites for hydroxylation is 1. The van der Waals surface area contributed by atoms with Gasteiger partial charge in [-0.05, 0) is 37.1 Å². The smallest absolute Gasteiger partial charge is 0.121 e. The molecule has 0 saturated heterocycles. The molecular weight excluding hydrogens is 248 g/mol. The van der Waals surface area contributed by atoms with Crippen LogP contribution in [0, 0.1) is 6.92 Å². The summed E-state index contributed by atoms with van der Waals surface area (Å²) in [6.07, 6.45) is 0.972. The van der Waals surface area contributed by atoms with Crippen LogP contribution in [0.15, 0.2) is 48.5 Å². The van der Waals surface area contributed by atoms with Gasteiger partial charge in [0.25, 0.3) is 0 Å². The summed E-state index contributed by atoms with van der Waals surface area (Å²) in [6, 6.07) is 16.0. The van der Waals surface area contributed by atoms with E-state index in [1.165, 1.54) is 11.3 Å². The van der Waals surface area contributed by atoms with Crippen molar-refractivity contribution in [2.45, 2.75) is 13.3 Å². The van der Waals surface area contributed by atoms with Gasteiger partial charge in [0.2, 0.25) is 0 Å². The second-order valence-corrected chi connectivity index (χ2v) is 4.98. The van der Waals surface area contributed by atoms with Crippen LogP contribution in [0.3, 0.4) is 0 Å². The van der Waals surface area contributed by atoms with E-state index in [0.29, 0.717) is 6.61 Å². The molecule has 2 N–H and O–H groups in total. The van der Waals surface area contributed by atoms with Crippen molar-refractivity contribution < 1.29 is 4.74 Å². The van der Waals surface area contributed by atoms with Crippen molar-refractivity contribution in [3.05, 3.63) is 54.1 Å². The van der Waals surface area contributed by atoms with Gasteiger partial charge in [-0.15, -0.1) is 0 Å². The first-order valence-electron chi connectivity index (χ1n) is 6.92. The molecule has 3 nitrogen and oxygen atoms in total. The van der Waals surface area contributed by atoms with Crippen molar-refractivity contribution in [2.75, 3.05) is 30.8 Å². The van der Waals surface area contributed by atoms with Gasteiger partial charge >= 0.3 is 0 Å². The van der Waals surface area contributed by atoms with Gasteiger partial charge in [0.05, 0.1) is 6.61 Å². The lowest BCUT2D eigenvalue weighted by Crippen LogP contribution is -2.21. The molecule has 0 spiro atoms. The standard InChI is InChI=1S/C17H22N2O/c1-14-7-3-4-10-17(14)19(2)11-6-12-20-16-9-5-8-15(18)13-16/h3-5,7-10,13H,6,11-12,18H2,1-2H3. The van der Waals surface area contributed by atoms with Gasteiger partial charge in [0, 0.05) is 31.0 Å². The van der Waals surface area contributed by atoms with E-state index in [1.807, 2.05) is 24.3 Å². The first kappa shape index (κ1) is 14.3. The average molecular weight is 270 g/mol. The molecule has 0 aliphatic heterocycles. The van der Waals surface area contributed by atoms with Crippen LogP contribution in [0.5, 0.6) is 5.75 Å². The predicted octanol–water partition coefficient (Wildman–Crippen LogP) is 3.48. The zero-order valence-corrected chi connectivity index (χ0v) is 12.2. The molecule has 2 aromatic rings. The van der Waals surface area contributed by atoms with Crippen LogP contribution in [-0.2, 0) is 0 Å². The topological polar surface area (TPSA) is 38.5 Å². The number of anilines is 2. The number of nitrogens with two attached hydrogens (primary N) is 1. The molecule has 3 heteroatoms. The first-order valence-corrected chi connectivity index (χ1v) is 6.92. The highest BCUT2D eigenvalue weighted by atomic mass is 16.5. The predicted molar refractivity (Wildman–Crippen MR) is 85.4 cm³/mol. The Morgan fingerprint density at radius 2 is 1.90 bits per heavy atom. The van der Waals surface area contributed by atoms with Gasteiger partial charge in [0.15, 0.2) is 0 Å². The summed E-state index contributed by atoms with van der Waals surface area (Å²) in [4.78, 5) is 2.26. The van der Waals surface area contributed by atoms with Crippen molar-refractivity contribution in [1.82, 2.24) is 0 Å². The fourth-order valence-electron chi connectivity index (χ4n) is 2.21.